The van der Waals surface area contributed by atoms with E-state index in [1.807, 2.05) is 0 Å². The van der Waals surface area contributed by atoms with Gasteiger partial charge in [-0.3, -0.25) is 0 Å². The van der Waals surface area contributed by atoms with E-state index in [-0.39, 0.29) is 29.4 Å². The van der Waals surface area contributed by atoms with Crippen LogP contribution < -0.4 is 17.0 Å². The summed E-state index contributed by atoms with van der Waals surface area (Å²) in [7, 11) is -9.96. The van der Waals surface area contributed by atoms with Crippen LogP contribution in [0.2, 0.25) is 0 Å². The topological polar surface area (TPSA) is 313 Å². The van der Waals surface area contributed by atoms with Gasteiger partial charge in [0.1, 0.15) is 0 Å². The van der Waals surface area contributed by atoms with Crippen LogP contribution in [0.5, 0.6) is 0 Å². The van der Waals surface area contributed by atoms with E-state index in [9.17, 15) is 29.1 Å². The molecule has 24 heteroatoms. The number of nitrogen functional groups attached to an aromatic ring is 2. The molecule has 0 aromatic carbocycles. The van der Waals surface area contributed by atoms with Gasteiger partial charge in [-0.15, -0.1) is 0 Å². The van der Waals surface area contributed by atoms with Crippen molar-refractivity contribution in [3.8, 4) is 0 Å². The van der Waals surface area contributed by atoms with Gasteiger partial charge in [0, 0.05) is 0 Å². The van der Waals surface area contributed by atoms with Crippen molar-refractivity contribution in [2.45, 2.75) is 49.4 Å². The van der Waals surface area contributed by atoms with Crippen molar-refractivity contribution in [3.63, 3.8) is 0 Å². The summed E-state index contributed by atoms with van der Waals surface area (Å²) >= 11 is 0. The first-order valence-corrected chi connectivity index (χ1v) is 16.2. The number of aromatic amines is 1. The SMILES string of the molecule is Nc1nc2c(ncn2C2OC3COP(=O)(O)OC4CC(n5cnc6c(N)ncnc65)OC4CO[PH](O)(O)OC2C3O)c(=O)[nH]1. The van der Waals surface area contributed by atoms with Gasteiger partial charge in [-0.05, 0) is 0 Å². The monoisotopic (exact) mass is 660 g/mol. The van der Waals surface area contributed by atoms with E-state index < -0.39 is 77.7 Å². The van der Waals surface area contributed by atoms with Crippen LogP contribution in [0.3, 0.4) is 0 Å². The van der Waals surface area contributed by atoms with E-state index in [1.54, 1.807) is 0 Å². The summed E-state index contributed by atoms with van der Waals surface area (Å²) in [4.78, 5) is 67.1. The first kappa shape index (κ1) is 29.5. The zero-order valence-corrected chi connectivity index (χ0v) is 24.1. The maximum absolute atomic E-state index is 13.0. The Morgan fingerprint density at radius 1 is 1.00 bits per heavy atom. The Morgan fingerprint density at radius 2 is 1.77 bits per heavy atom. The number of fused-ring (bicyclic) bond motifs is 5. The number of aliphatic hydroxyl groups excluding tert-OH is 1. The Labute approximate surface area is 244 Å². The molecule has 238 valence electrons. The Kier molecular flexibility index (Phi) is 7.16. The normalized spacial score (nSPS) is 35.1. The van der Waals surface area contributed by atoms with Gasteiger partial charge in [-0.25, -0.2) is 0 Å². The third kappa shape index (κ3) is 5.23. The summed E-state index contributed by atoms with van der Waals surface area (Å²) in [5.74, 6) is -0.122. The van der Waals surface area contributed by atoms with Crippen molar-refractivity contribution >= 4 is 50.1 Å². The summed E-state index contributed by atoms with van der Waals surface area (Å²) in [5, 5.41) is 11.0. The molecule has 44 heavy (non-hydrogen) atoms. The van der Waals surface area contributed by atoms with Crippen LogP contribution in [-0.2, 0) is 32.1 Å². The van der Waals surface area contributed by atoms with Crippen LogP contribution in [0.25, 0.3) is 22.3 Å². The standard InChI is InChI=1S/C20H26N10O12P2/c21-15-11-16(24-4-23-15)29(5-25-11)10-1-7-8(39-10)2-37-44(35,36)42-14-13(31)9(3-38-43(33,34)41-7)40-19(14)30-6-26-12-17(30)27-20(22)28-18(12)32/h4-10,13-14,19,31,35-36,44H,1-3H2,(H,33,34)(H2,21,23,24)(H3,22,27,28,32). The molecule has 3 fully saturated rings. The van der Waals surface area contributed by atoms with Crippen LogP contribution in [-0.4, -0.2) is 103 Å². The second kappa shape index (κ2) is 10.7. The molecule has 0 radical (unpaired) electrons. The summed E-state index contributed by atoms with van der Waals surface area (Å²) in [6.07, 6.45) is -5.49. The number of nitrogens with one attached hydrogen (secondary N) is 1. The Hall–Kier alpha value is -3.24. The van der Waals surface area contributed by atoms with Gasteiger partial charge >= 0.3 is 244 Å². The fourth-order valence-corrected chi connectivity index (χ4v) is 7.34. The number of phosphoric acid groups is 1. The number of imidazole rings is 2. The van der Waals surface area contributed by atoms with Crippen LogP contribution in [0.1, 0.15) is 18.9 Å². The molecule has 3 saturated heterocycles. The molecule has 8 atom stereocenters. The second-order valence-electron chi connectivity index (χ2n) is 10.1. The van der Waals surface area contributed by atoms with Gasteiger partial charge in [-0.2, -0.15) is 0 Å². The molecule has 0 saturated carbocycles. The van der Waals surface area contributed by atoms with Gasteiger partial charge in [-0.1, -0.05) is 0 Å². The van der Waals surface area contributed by atoms with Gasteiger partial charge in [0.2, 0.25) is 0 Å². The predicted octanol–water partition coefficient (Wildman–Crippen LogP) is -2.02. The molecular weight excluding hydrogens is 634 g/mol. The first-order chi connectivity index (χ1) is 20.9. The van der Waals surface area contributed by atoms with Crippen molar-refractivity contribution < 1.29 is 51.9 Å². The van der Waals surface area contributed by atoms with E-state index >= 15 is 0 Å². The molecular formula is C20H26N10O12P2. The quantitative estimate of drug-likeness (QED) is 0.114. The number of rotatable bonds is 2. The summed E-state index contributed by atoms with van der Waals surface area (Å²) in [6, 6.07) is 0. The van der Waals surface area contributed by atoms with Gasteiger partial charge in [0.05, 0.1) is 0 Å². The third-order valence-electron chi connectivity index (χ3n) is 7.31. The van der Waals surface area contributed by atoms with Crippen LogP contribution in [0.4, 0.5) is 11.8 Å². The minimum absolute atomic E-state index is 0.0419. The summed E-state index contributed by atoms with van der Waals surface area (Å²) in [5.41, 5.74) is 11.3. The molecule has 22 nitrogen and oxygen atoms in total. The number of phosphoric ester groups is 1. The van der Waals surface area contributed by atoms with E-state index in [1.165, 1.54) is 21.8 Å². The average molecular weight is 660 g/mol. The molecule has 2 bridgehead atoms. The number of aliphatic hydroxyl groups is 1. The molecule has 8 unspecified atom stereocenters. The van der Waals surface area contributed by atoms with E-state index in [0.717, 1.165) is 6.33 Å². The molecule has 7 rings (SSSR count). The number of H-pyrrole nitrogens is 1. The van der Waals surface area contributed by atoms with Crippen molar-refractivity contribution in [1.82, 2.24) is 39.0 Å². The number of ether oxygens (including phenoxy) is 2. The molecule has 4 aromatic rings. The van der Waals surface area contributed by atoms with Gasteiger partial charge in [0.25, 0.3) is 0 Å². The summed E-state index contributed by atoms with van der Waals surface area (Å²) in [6.45, 7) is -1.30. The van der Waals surface area contributed by atoms with E-state index in [0.29, 0.717) is 11.2 Å². The average Bonchev–Trinajstić information content (AvgIpc) is 3.72. The fourth-order valence-electron chi connectivity index (χ4n) is 5.32. The zero-order valence-electron chi connectivity index (χ0n) is 22.2. The van der Waals surface area contributed by atoms with Crippen LogP contribution >= 0.6 is 16.0 Å². The first-order valence-electron chi connectivity index (χ1n) is 13.0. The number of hydrogen-bond donors (Lipinski definition) is 7. The zero-order chi connectivity index (χ0) is 31.0. The van der Waals surface area contributed by atoms with Crippen LogP contribution in [0, 0.1) is 0 Å². The van der Waals surface area contributed by atoms with E-state index in [2.05, 4.69) is 29.9 Å². The molecule has 0 amide bonds. The van der Waals surface area contributed by atoms with Crippen molar-refractivity contribution in [3.05, 3.63) is 29.3 Å². The molecule has 9 N–H and O–H groups in total. The molecule has 7 heterocycles. The maximum atomic E-state index is 13.0. The molecule has 3 aliphatic rings. The van der Waals surface area contributed by atoms with Gasteiger partial charge < -0.3 is 0 Å². The number of nitrogens with two attached hydrogens (primary N) is 2. The molecule has 0 aliphatic carbocycles. The third-order valence-corrected chi connectivity index (χ3v) is 9.45. The second-order valence-corrected chi connectivity index (χ2v) is 13.2. The Morgan fingerprint density at radius 3 is 2.59 bits per heavy atom. The Bertz CT molecular complexity index is 1830. The molecule has 3 aliphatic heterocycles. The van der Waals surface area contributed by atoms with Crippen molar-refractivity contribution in [2.75, 3.05) is 24.7 Å². The van der Waals surface area contributed by atoms with Crippen LogP contribution in [0.15, 0.2) is 23.8 Å². The molecule has 0 spiro atoms. The minimum atomic E-state index is -5.11. The molecule has 4 aromatic heterocycles. The summed E-state index contributed by atoms with van der Waals surface area (Å²) < 4.78 is 49.0. The number of anilines is 2. The fraction of sp³-hybridized carbons (Fsp3) is 0.500. The van der Waals surface area contributed by atoms with Crippen molar-refractivity contribution in [2.24, 2.45) is 0 Å². The number of aromatic nitrogens is 8. The Balaban J connectivity index is 1.19. The number of nitrogens with zero attached hydrogens (tertiary/aromatic N) is 7. The van der Waals surface area contributed by atoms with Crippen molar-refractivity contribution in [1.29, 1.82) is 0 Å². The van der Waals surface area contributed by atoms with E-state index in [4.69, 9.17) is 39.0 Å². The predicted molar refractivity (Wildman–Crippen MR) is 145 cm³/mol. The van der Waals surface area contributed by atoms with Gasteiger partial charge in [0.15, 0.2) is 0 Å². The number of hydrogen-bond acceptors (Lipinski definition) is 18.